The summed E-state index contributed by atoms with van der Waals surface area (Å²) in [5, 5.41) is 20.9. The molecule has 0 aromatic heterocycles. The highest BCUT2D eigenvalue weighted by atomic mass is 19.4. The van der Waals surface area contributed by atoms with Crippen LogP contribution >= 0.6 is 0 Å². The van der Waals surface area contributed by atoms with Gasteiger partial charge in [-0.25, -0.2) is 4.79 Å². The van der Waals surface area contributed by atoms with Crippen LogP contribution in [0.15, 0.2) is 12.1 Å². The Balaban J connectivity index is 3.33. The van der Waals surface area contributed by atoms with Crippen LogP contribution in [0, 0.1) is 18.3 Å². The summed E-state index contributed by atoms with van der Waals surface area (Å²) in [5.74, 6) is -0.813. The van der Waals surface area contributed by atoms with Crippen molar-refractivity contribution in [1.82, 2.24) is 0 Å². The van der Waals surface area contributed by atoms with Crippen LogP contribution < -0.4 is 5.32 Å². The van der Waals surface area contributed by atoms with E-state index in [2.05, 4.69) is 10.1 Å². The van der Waals surface area contributed by atoms with Crippen LogP contribution in [0.1, 0.15) is 23.6 Å². The van der Waals surface area contributed by atoms with Crippen molar-refractivity contribution < 1.29 is 27.8 Å². The Kier molecular flexibility index (Phi) is 5.38. The SMILES string of the molecule is COC(=O)[C@H](Nc1ccc(C#N)c(C(F)(F)F)c1C)[C@H](C)O. The van der Waals surface area contributed by atoms with E-state index in [4.69, 9.17) is 5.26 Å². The fraction of sp³-hybridized carbons (Fsp3) is 0.429. The number of anilines is 1. The van der Waals surface area contributed by atoms with E-state index in [1.807, 2.05) is 0 Å². The number of ether oxygens (including phenoxy) is 1. The summed E-state index contributed by atoms with van der Waals surface area (Å²) >= 11 is 0. The minimum Gasteiger partial charge on any atom is -0.467 e. The van der Waals surface area contributed by atoms with Gasteiger partial charge in [0.15, 0.2) is 6.04 Å². The lowest BCUT2D eigenvalue weighted by molar-refractivity contribution is -0.143. The third-order valence-corrected chi connectivity index (χ3v) is 3.12. The summed E-state index contributed by atoms with van der Waals surface area (Å²) in [6.45, 7) is 2.49. The standard InChI is InChI=1S/C14H15F3N2O3/c1-7-10(19-12(8(2)20)13(21)22-3)5-4-9(6-18)11(7)14(15,16)17/h4-5,8,12,19-20H,1-3H3/t8-,12+/m0/s1. The summed E-state index contributed by atoms with van der Waals surface area (Å²) in [6.07, 6.45) is -5.89. The number of carbonyl (C=O) groups is 1. The average molecular weight is 316 g/mol. The summed E-state index contributed by atoms with van der Waals surface area (Å²) in [6, 6.07) is 2.53. The molecule has 1 aromatic carbocycles. The number of hydrogen-bond donors (Lipinski definition) is 2. The highest BCUT2D eigenvalue weighted by Gasteiger charge is 2.37. The Labute approximate surface area is 125 Å². The molecule has 0 amide bonds. The monoisotopic (exact) mass is 316 g/mol. The molecular formula is C14H15F3N2O3. The van der Waals surface area contributed by atoms with Crippen LogP contribution in [-0.2, 0) is 15.7 Å². The van der Waals surface area contributed by atoms with E-state index in [1.54, 1.807) is 0 Å². The van der Waals surface area contributed by atoms with Gasteiger partial charge < -0.3 is 15.2 Å². The predicted molar refractivity (Wildman–Crippen MR) is 72.0 cm³/mol. The van der Waals surface area contributed by atoms with E-state index in [1.165, 1.54) is 26.0 Å². The van der Waals surface area contributed by atoms with Gasteiger partial charge >= 0.3 is 12.1 Å². The van der Waals surface area contributed by atoms with Crippen LogP contribution in [0.2, 0.25) is 0 Å². The largest absolute Gasteiger partial charge is 0.467 e. The quantitative estimate of drug-likeness (QED) is 0.832. The van der Waals surface area contributed by atoms with Gasteiger partial charge in [0.05, 0.1) is 30.4 Å². The van der Waals surface area contributed by atoms with E-state index < -0.39 is 35.4 Å². The third kappa shape index (κ3) is 3.68. The summed E-state index contributed by atoms with van der Waals surface area (Å²) < 4.78 is 43.7. The van der Waals surface area contributed by atoms with E-state index in [0.717, 1.165) is 13.2 Å². The van der Waals surface area contributed by atoms with Crippen molar-refractivity contribution in [3.05, 3.63) is 28.8 Å². The van der Waals surface area contributed by atoms with Crippen molar-refractivity contribution in [1.29, 1.82) is 5.26 Å². The molecule has 0 saturated heterocycles. The maximum Gasteiger partial charge on any atom is 0.418 e. The van der Waals surface area contributed by atoms with Gasteiger partial charge in [-0.05, 0) is 31.5 Å². The third-order valence-electron chi connectivity index (χ3n) is 3.12. The van der Waals surface area contributed by atoms with E-state index in [9.17, 15) is 23.1 Å². The Hall–Kier alpha value is -2.27. The number of esters is 1. The van der Waals surface area contributed by atoms with Gasteiger partial charge in [0, 0.05) is 5.69 Å². The van der Waals surface area contributed by atoms with Crippen LogP contribution in [0.4, 0.5) is 18.9 Å². The predicted octanol–water partition coefficient (Wildman–Crippen LogP) is 2.22. The Morgan fingerprint density at radius 3 is 2.45 bits per heavy atom. The second kappa shape index (κ2) is 6.66. The number of nitrogens with zero attached hydrogens (tertiary/aromatic N) is 1. The van der Waals surface area contributed by atoms with E-state index in [0.29, 0.717) is 0 Å². The lowest BCUT2D eigenvalue weighted by Gasteiger charge is -2.23. The Morgan fingerprint density at radius 1 is 1.45 bits per heavy atom. The van der Waals surface area contributed by atoms with Gasteiger partial charge in [-0.1, -0.05) is 0 Å². The number of aliphatic hydroxyl groups is 1. The minimum atomic E-state index is -4.71. The molecule has 1 aromatic rings. The molecule has 0 aliphatic heterocycles. The zero-order valence-corrected chi connectivity index (χ0v) is 12.2. The Morgan fingerprint density at radius 2 is 2.05 bits per heavy atom. The summed E-state index contributed by atoms with van der Waals surface area (Å²) in [5.41, 5.74) is -1.83. The lowest BCUT2D eigenvalue weighted by atomic mass is 9.99. The maximum absolute atomic E-state index is 13.1. The number of nitrogens with one attached hydrogen (secondary N) is 1. The van der Waals surface area contributed by atoms with Crippen LogP contribution in [-0.4, -0.2) is 30.3 Å². The number of hydrogen-bond acceptors (Lipinski definition) is 5. The molecule has 8 heteroatoms. The molecule has 2 N–H and O–H groups in total. The Bertz CT molecular complexity index is 607. The fourth-order valence-electron chi connectivity index (χ4n) is 2.00. The van der Waals surface area contributed by atoms with Gasteiger partial charge in [-0.3, -0.25) is 0 Å². The first-order valence-electron chi connectivity index (χ1n) is 6.26. The zero-order valence-electron chi connectivity index (χ0n) is 12.2. The molecule has 0 bridgehead atoms. The fourth-order valence-corrected chi connectivity index (χ4v) is 2.00. The number of carbonyl (C=O) groups excluding carboxylic acids is 1. The molecule has 0 aliphatic rings. The molecule has 22 heavy (non-hydrogen) atoms. The van der Waals surface area contributed by atoms with Gasteiger partial charge in [0.2, 0.25) is 0 Å². The van der Waals surface area contributed by atoms with Crippen molar-refractivity contribution in [2.75, 3.05) is 12.4 Å². The zero-order chi connectivity index (χ0) is 17.1. The second-order valence-electron chi connectivity index (χ2n) is 4.66. The van der Waals surface area contributed by atoms with Crippen molar-refractivity contribution in [2.45, 2.75) is 32.2 Å². The normalized spacial score (nSPS) is 13.9. The topological polar surface area (TPSA) is 82.3 Å². The van der Waals surface area contributed by atoms with Gasteiger partial charge in [0.25, 0.3) is 0 Å². The van der Waals surface area contributed by atoms with Crippen LogP contribution in [0.5, 0.6) is 0 Å². The first-order chi connectivity index (χ1) is 10.1. The molecule has 1 rings (SSSR count). The molecule has 2 atom stereocenters. The van der Waals surface area contributed by atoms with Gasteiger partial charge in [0.1, 0.15) is 0 Å². The molecule has 0 saturated carbocycles. The number of nitriles is 1. The molecule has 0 spiro atoms. The van der Waals surface area contributed by atoms with Crippen LogP contribution in [0.25, 0.3) is 0 Å². The number of aliphatic hydroxyl groups excluding tert-OH is 1. The van der Waals surface area contributed by atoms with Crippen molar-refractivity contribution in [3.8, 4) is 6.07 Å². The number of rotatable bonds is 4. The second-order valence-corrected chi connectivity index (χ2v) is 4.66. The van der Waals surface area contributed by atoms with E-state index >= 15 is 0 Å². The maximum atomic E-state index is 13.1. The first-order valence-corrected chi connectivity index (χ1v) is 6.26. The first kappa shape index (κ1) is 17.8. The molecule has 5 nitrogen and oxygen atoms in total. The molecule has 0 radical (unpaired) electrons. The molecule has 0 fully saturated rings. The number of halogens is 3. The van der Waals surface area contributed by atoms with Crippen molar-refractivity contribution >= 4 is 11.7 Å². The van der Waals surface area contributed by atoms with Gasteiger partial charge in [-0.2, -0.15) is 18.4 Å². The van der Waals surface area contributed by atoms with Crippen LogP contribution in [0.3, 0.4) is 0 Å². The molecule has 120 valence electrons. The highest BCUT2D eigenvalue weighted by Crippen LogP contribution is 2.37. The molecule has 0 heterocycles. The van der Waals surface area contributed by atoms with E-state index in [-0.39, 0.29) is 11.3 Å². The summed E-state index contributed by atoms with van der Waals surface area (Å²) in [4.78, 5) is 11.6. The number of methoxy groups -OCH3 is 1. The number of alkyl halides is 3. The average Bonchev–Trinajstić information content (AvgIpc) is 2.42. The number of benzene rings is 1. The van der Waals surface area contributed by atoms with Crippen molar-refractivity contribution in [2.24, 2.45) is 0 Å². The molecule has 0 aliphatic carbocycles. The van der Waals surface area contributed by atoms with Gasteiger partial charge in [-0.15, -0.1) is 0 Å². The lowest BCUT2D eigenvalue weighted by Crippen LogP contribution is -2.40. The molecule has 0 unspecified atom stereocenters. The molecular weight excluding hydrogens is 301 g/mol. The van der Waals surface area contributed by atoms with Crippen molar-refractivity contribution in [3.63, 3.8) is 0 Å². The summed E-state index contributed by atoms with van der Waals surface area (Å²) in [7, 11) is 1.10. The smallest absolute Gasteiger partial charge is 0.418 e. The highest BCUT2D eigenvalue weighted by molar-refractivity contribution is 5.80. The minimum absolute atomic E-state index is 0.0115.